The summed E-state index contributed by atoms with van der Waals surface area (Å²) in [5, 5.41) is 10.7. The third-order valence-electron chi connectivity index (χ3n) is 8.72. The number of H-pyrrole nitrogens is 1. The van der Waals surface area contributed by atoms with E-state index in [9.17, 15) is 9.59 Å². The monoisotopic (exact) mass is 632 g/mol. The molecular formula is C38H40N4O5. The molecule has 3 atom stereocenters. The molecule has 4 N–H and O–H groups in total. The molecule has 1 aliphatic heterocycles. The van der Waals surface area contributed by atoms with E-state index in [2.05, 4.69) is 27.0 Å². The molecule has 242 valence electrons. The number of ether oxygens (including phenoxy) is 3. The quantitative estimate of drug-likeness (QED) is 0.135. The number of aromatic amines is 1. The number of hydrogen-bond acceptors (Lipinski definition) is 6. The number of nitrogens with one attached hydrogen (secondary N) is 4. The molecule has 0 radical (unpaired) electrons. The molecule has 1 aromatic heterocycles. The Bertz CT molecular complexity index is 1740. The molecule has 2 amide bonds. The number of morpholine rings is 1. The Morgan fingerprint density at radius 1 is 0.894 bits per heavy atom. The summed E-state index contributed by atoms with van der Waals surface area (Å²) < 4.78 is 16.6. The third-order valence-corrected chi connectivity index (χ3v) is 8.72. The molecule has 5 aromatic rings. The first kappa shape index (κ1) is 31.8. The minimum absolute atomic E-state index is 0.0220. The van der Waals surface area contributed by atoms with Gasteiger partial charge in [0.25, 0.3) is 0 Å². The second-order valence-electron chi connectivity index (χ2n) is 11.7. The Labute approximate surface area is 274 Å². The lowest BCUT2D eigenvalue weighted by atomic mass is 9.84. The lowest BCUT2D eigenvalue weighted by Crippen LogP contribution is -2.48. The molecule has 4 aromatic carbocycles. The second kappa shape index (κ2) is 15.0. The summed E-state index contributed by atoms with van der Waals surface area (Å²) in [6, 6.07) is 34.4. The standard InChI is InChI=1S/C38H40N4O5/c1-45-29-19-20-32-28(21-29)22-33(40-32)34-24-47-30(23-39-34)18-17-25-11-9-10-16-31(25)41-37(43)36(42-38(44)46-2)35(26-12-5-3-6-13-26)27-14-7-4-8-15-27/h3-16,19-22,30,34-36,39-40H,17-18,23-24H2,1-2H3,(H,41,43)(H,42,44)/t30-,34+,36+/m1/s1. The van der Waals surface area contributed by atoms with Gasteiger partial charge in [0.1, 0.15) is 11.8 Å². The number of alkyl carbamates (subject to hydrolysis) is 1. The maximum atomic E-state index is 14.1. The summed E-state index contributed by atoms with van der Waals surface area (Å²) in [5.74, 6) is 0.0439. The first-order valence-electron chi connectivity index (χ1n) is 15.9. The summed E-state index contributed by atoms with van der Waals surface area (Å²) in [4.78, 5) is 30.1. The minimum Gasteiger partial charge on any atom is -0.497 e. The Morgan fingerprint density at radius 3 is 2.26 bits per heavy atom. The predicted octanol–water partition coefficient (Wildman–Crippen LogP) is 6.33. The van der Waals surface area contributed by atoms with Gasteiger partial charge in [-0.2, -0.15) is 0 Å². The van der Waals surface area contributed by atoms with Crippen LogP contribution in [-0.2, 0) is 20.7 Å². The molecule has 0 aliphatic carbocycles. The highest BCUT2D eigenvalue weighted by atomic mass is 16.5. The van der Waals surface area contributed by atoms with Crippen molar-refractivity contribution >= 4 is 28.6 Å². The van der Waals surface area contributed by atoms with Gasteiger partial charge < -0.3 is 35.1 Å². The number of aryl methyl sites for hydroxylation is 1. The van der Waals surface area contributed by atoms with Crippen molar-refractivity contribution in [2.45, 2.75) is 36.9 Å². The van der Waals surface area contributed by atoms with Gasteiger partial charge in [0.15, 0.2) is 0 Å². The van der Waals surface area contributed by atoms with Crippen molar-refractivity contribution in [3.63, 3.8) is 0 Å². The van der Waals surface area contributed by atoms with Crippen molar-refractivity contribution in [2.75, 3.05) is 32.7 Å². The number of carbonyl (C=O) groups excluding carboxylic acids is 2. The van der Waals surface area contributed by atoms with Crippen LogP contribution in [0.25, 0.3) is 10.9 Å². The average molecular weight is 633 g/mol. The van der Waals surface area contributed by atoms with E-state index in [4.69, 9.17) is 14.2 Å². The highest BCUT2D eigenvalue weighted by Gasteiger charge is 2.33. The molecule has 47 heavy (non-hydrogen) atoms. The first-order valence-corrected chi connectivity index (χ1v) is 15.9. The molecule has 9 heteroatoms. The van der Waals surface area contributed by atoms with Crippen molar-refractivity contribution in [2.24, 2.45) is 0 Å². The van der Waals surface area contributed by atoms with E-state index in [1.54, 1.807) is 7.11 Å². The third kappa shape index (κ3) is 7.65. The number of para-hydroxylation sites is 1. The highest BCUT2D eigenvalue weighted by Crippen LogP contribution is 2.30. The SMILES string of the molecule is COC(=O)N[C@H](C(=O)Nc1ccccc1CC[C@@H]1CN[C@H](c2cc3cc(OC)ccc3[nH]2)CO1)C(c1ccccc1)c1ccccc1. The van der Waals surface area contributed by atoms with Gasteiger partial charge in [-0.25, -0.2) is 4.79 Å². The molecular weight excluding hydrogens is 592 g/mol. The van der Waals surface area contributed by atoms with E-state index in [1.165, 1.54) is 7.11 Å². The number of amides is 2. The lowest BCUT2D eigenvalue weighted by molar-refractivity contribution is -0.118. The topological polar surface area (TPSA) is 114 Å². The van der Waals surface area contributed by atoms with E-state index in [1.807, 2.05) is 103 Å². The molecule has 0 bridgehead atoms. The van der Waals surface area contributed by atoms with Gasteiger partial charge in [0.2, 0.25) is 5.91 Å². The molecule has 1 fully saturated rings. The molecule has 0 unspecified atom stereocenters. The van der Waals surface area contributed by atoms with E-state index in [0.717, 1.165) is 45.5 Å². The zero-order valence-electron chi connectivity index (χ0n) is 26.6. The van der Waals surface area contributed by atoms with Crippen LogP contribution in [0.15, 0.2) is 109 Å². The minimum atomic E-state index is -0.936. The number of rotatable bonds is 11. The van der Waals surface area contributed by atoms with Crippen LogP contribution in [0.1, 0.15) is 40.8 Å². The van der Waals surface area contributed by atoms with E-state index in [-0.39, 0.29) is 18.1 Å². The smallest absolute Gasteiger partial charge is 0.407 e. The van der Waals surface area contributed by atoms with E-state index in [0.29, 0.717) is 25.3 Å². The van der Waals surface area contributed by atoms with Crippen LogP contribution >= 0.6 is 0 Å². The largest absolute Gasteiger partial charge is 0.497 e. The normalized spacial score (nSPS) is 16.8. The predicted molar refractivity (Wildman–Crippen MR) is 183 cm³/mol. The number of methoxy groups -OCH3 is 2. The molecule has 0 saturated carbocycles. The van der Waals surface area contributed by atoms with Crippen LogP contribution < -0.4 is 20.7 Å². The Balaban J connectivity index is 1.13. The zero-order chi connectivity index (χ0) is 32.6. The number of carbonyl (C=O) groups is 2. The van der Waals surface area contributed by atoms with Crippen molar-refractivity contribution in [1.29, 1.82) is 0 Å². The number of benzene rings is 4. The molecule has 1 aliphatic rings. The molecule has 0 spiro atoms. The summed E-state index contributed by atoms with van der Waals surface area (Å²) in [6.45, 7) is 1.26. The fourth-order valence-electron chi connectivity index (χ4n) is 6.23. The number of hydrogen-bond donors (Lipinski definition) is 4. The Kier molecular flexibility index (Phi) is 10.2. The van der Waals surface area contributed by atoms with Crippen LogP contribution in [0.3, 0.4) is 0 Å². The average Bonchev–Trinajstić information content (AvgIpc) is 3.55. The number of aromatic nitrogens is 1. The first-order chi connectivity index (χ1) is 23.0. The van der Waals surface area contributed by atoms with Gasteiger partial charge in [-0.3, -0.25) is 4.79 Å². The van der Waals surface area contributed by atoms with Crippen molar-refractivity contribution in [3.05, 3.63) is 132 Å². The molecule has 6 rings (SSSR count). The van der Waals surface area contributed by atoms with Crippen LogP contribution in [0, 0.1) is 0 Å². The zero-order valence-corrected chi connectivity index (χ0v) is 26.6. The van der Waals surface area contributed by atoms with E-state index >= 15 is 0 Å². The Hall–Kier alpha value is -5.12. The molecule has 1 saturated heterocycles. The summed E-state index contributed by atoms with van der Waals surface area (Å²) in [6.07, 6.45) is 0.823. The van der Waals surface area contributed by atoms with Crippen LogP contribution in [-0.4, -0.2) is 56.5 Å². The van der Waals surface area contributed by atoms with Gasteiger partial charge in [-0.15, -0.1) is 0 Å². The van der Waals surface area contributed by atoms with Gasteiger partial charge in [0, 0.05) is 34.7 Å². The van der Waals surface area contributed by atoms with Gasteiger partial charge in [-0.05, 0) is 59.9 Å². The molecule has 9 nitrogen and oxygen atoms in total. The number of anilines is 1. The van der Waals surface area contributed by atoms with Crippen LogP contribution in [0.2, 0.25) is 0 Å². The second-order valence-corrected chi connectivity index (χ2v) is 11.7. The summed E-state index contributed by atoms with van der Waals surface area (Å²) in [5.41, 5.74) is 5.63. The van der Waals surface area contributed by atoms with Gasteiger partial charge >= 0.3 is 6.09 Å². The van der Waals surface area contributed by atoms with Crippen LogP contribution in [0.4, 0.5) is 10.5 Å². The maximum absolute atomic E-state index is 14.1. The van der Waals surface area contributed by atoms with Crippen LogP contribution in [0.5, 0.6) is 5.75 Å². The fraction of sp³-hybridized carbons (Fsp3) is 0.263. The highest BCUT2D eigenvalue weighted by molar-refractivity contribution is 5.98. The number of fused-ring (bicyclic) bond motifs is 1. The Morgan fingerprint density at radius 2 is 1.60 bits per heavy atom. The fourth-order valence-corrected chi connectivity index (χ4v) is 6.23. The van der Waals surface area contributed by atoms with Crippen molar-refractivity contribution < 1.29 is 23.8 Å². The van der Waals surface area contributed by atoms with Crippen molar-refractivity contribution in [1.82, 2.24) is 15.6 Å². The molecule has 2 heterocycles. The lowest BCUT2D eigenvalue weighted by Gasteiger charge is -2.30. The van der Waals surface area contributed by atoms with Crippen molar-refractivity contribution in [3.8, 4) is 5.75 Å². The van der Waals surface area contributed by atoms with Gasteiger partial charge in [0.05, 0.1) is 33.0 Å². The summed E-state index contributed by atoms with van der Waals surface area (Å²) in [7, 11) is 2.96. The van der Waals surface area contributed by atoms with E-state index < -0.39 is 18.1 Å². The van der Waals surface area contributed by atoms with Gasteiger partial charge in [-0.1, -0.05) is 78.9 Å². The maximum Gasteiger partial charge on any atom is 0.407 e. The summed E-state index contributed by atoms with van der Waals surface area (Å²) >= 11 is 0.